The van der Waals surface area contributed by atoms with Crippen LogP contribution in [0.15, 0.2) is 40.8 Å². The van der Waals surface area contributed by atoms with Crippen LogP contribution in [0.4, 0.5) is 5.69 Å². The van der Waals surface area contributed by atoms with Gasteiger partial charge in [0.2, 0.25) is 0 Å². The fraction of sp³-hybridized carbons (Fsp3) is 0.267. The van der Waals surface area contributed by atoms with Crippen LogP contribution in [0, 0.1) is 6.92 Å². The molecule has 100 valence electrons. The van der Waals surface area contributed by atoms with E-state index in [1.54, 1.807) is 31.2 Å². The molecule has 2 rings (SSSR count). The van der Waals surface area contributed by atoms with E-state index in [4.69, 9.17) is 9.15 Å². The van der Waals surface area contributed by atoms with Crippen LogP contribution in [-0.2, 0) is 0 Å². The van der Waals surface area contributed by atoms with Gasteiger partial charge in [0.25, 0.3) is 5.91 Å². The predicted octanol–water partition coefficient (Wildman–Crippen LogP) is 3.63. The van der Waals surface area contributed by atoms with E-state index in [1.165, 1.54) is 0 Å². The maximum Gasteiger partial charge on any atom is 0.291 e. The number of anilines is 1. The summed E-state index contributed by atoms with van der Waals surface area (Å²) in [5.74, 6) is 1.47. The molecule has 0 atom stereocenters. The SMILES string of the molecule is Cc1ccc(C(=O)Nc2cccc(OC(C)C)c2)o1. The van der Waals surface area contributed by atoms with Crippen LogP contribution in [0.2, 0.25) is 0 Å². The quantitative estimate of drug-likeness (QED) is 0.912. The van der Waals surface area contributed by atoms with Gasteiger partial charge in [0.15, 0.2) is 5.76 Å². The van der Waals surface area contributed by atoms with Gasteiger partial charge in [0.1, 0.15) is 11.5 Å². The number of carbonyl (C=O) groups is 1. The Labute approximate surface area is 112 Å². The van der Waals surface area contributed by atoms with Crippen molar-refractivity contribution in [1.29, 1.82) is 0 Å². The van der Waals surface area contributed by atoms with Crippen molar-refractivity contribution in [3.05, 3.63) is 47.9 Å². The van der Waals surface area contributed by atoms with Crippen LogP contribution < -0.4 is 10.1 Å². The van der Waals surface area contributed by atoms with E-state index in [0.717, 1.165) is 5.75 Å². The topological polar surface area (TPSA) is 51.5 Å². The molecule has 1 N–H and O–H groups in total. The minimum absolute atomic E-state index is 0.0960. The molecule has 0 fully saturated rings. The molecule has 0 unspecified atom stereocenters. The number of benzene rings is 1. The zero-order chi connectivity index (χ0) is 13.8. The van der Waals surface area contributed by atoms with Crippen molar-refractivity contribution in [3.8, 4) is 5.75 Å². The van der Waals surface area contributed by atoms with Gasteiger partial charge in [-0.25, -0.2) is 0 Å². The molecular weight excluding hydrogens is 242 g/mol. The predicted molar refractivity (Wildman–Crippen MR) is 73.6 cm³/mol. The Morgan fingerprint density at radius 2 is 2.05 bits per heavy atom. The van der Waals surface area contributed by atoms with Gasteiger partial charge in [-0.05, 0) is 45.0 Å². The summed E-state index contributed by atoms with van der Waals surface area (Å²) in [6.07, 6.45) is 0.0960. The molecule has 0 saturated heterocycles. The zero-order valence-electron chi connectivity index (χ0n) is 11.3. The second-order valence-electron chi connectivity index (χ2n) is 4.56. The number of aryl methyl sites for hydroxylation is 1. The molecule has 19 heavy (non-hydrogen) atoms. The van der Waals surface area contributed by atoms with Gasteiger partial charge >= 0.3 is 0 Å². The van der Waals surface area contributed by atoms with Crippen molar-refractivity contribution in [2.75, 3.05) is 5.32 Å². The van der Waals surface area contributed by atoms with E-state index in [-0.39, 0.29) is 12.0 Å². The number of carbonyl (C=O) groups excluding carboxylic acids is 1. The van der Waals surface area contributed by atoms with Crippen molar-refractivity contribution < 1.29 is 13.9 Å². The summed E-state index contributed by atoms with van der Waals surface area (Å²) in [5.41, 5.74) is 0.678. The summed E-state index contributed by atoms with van der Waals surface area (Å²) >= 11 is 0. The smallest absolute Gasteiger partial charge is 0.291 e. The third-order valence-corrected chi connectivity index (χ3v) is 2.43. The standard InChI is InChI=1S/C15H17NO3/c1-10(2)18-13-6-4-5-12(9-13)16-15(17)14-8-7-11(3)19-14/h4-10H,1-3H3,(H,16,17). The molecule has 0 radical (unpaired) electrons. The highest BCUT2D eigenvalue weighted by Gasteiger charge is 2.10. The van der Waals surface area contributed by atoms with E-state index in [2.05, 4.69) is 5.32 Å². The fourth-order valence-corrected chi connectivity index (χ4v) is 1.67. The Morgan fingerprint density at radius 1 is 1.26 bits per heavy atom. The number of nitrogens with one attached hydrogen (secondary N) is 1. The van der Waals surface area contributed by atoms with Gasteiger partial charge in [-0.1, -0.05) is 6.07 Å². The van der Waals surface area contributed by atoms with Crippen LogP contribution in [0.3, 0.4) is 0 Å². The summed E-state index contributed by atoms with van der Waals surface area (Å²) in [4.78, 5) is 11.9. The highest BCUT2D eigenvalue weighted by atomic mass is 16.5. The molecule has 1 amide bonds. The maximum atomic E-state index is 11.9. The van der Waals surface area contributed by atoms with Crippen LogP contribution in [0.1, 0.15) is 30.2 Å². The summed E-state index contributed by atoms with van der Waals surface area (Å²) in [6.45, 7) is 5.71. The average Bonchev–Trinajstić information content (AvgIpc) is 2.75. The Kier molecular flexibility index (Phi) is 3.90. The summed E-state index contributed by atoms with van der Waals surface area (Å²) in [7, 11) is 0. The molecule has 1 aromatic carbocycles. The van der Waals surface area contributed by atoms with Crippen molar-refractivity contribution >= 4 is 11.6 Å². The number of furan rings is 1. The molecule has 0 bridgehead atoms. The number of hydrogen-bond acceptors (Lipinski definition) is 3. The molecule has 0 aliphatic carbocycles. The molecule has 0 saturated carbocycles. The maximum absolute atomic E-state index is 11.9. The van der Waals surface area contributed by atoms with Gasteiger partial charge in [-0.15, -0.1) is 0 Å². The second kappa shape index (κ2) is 5.61. The highest BCUT2D eigenvalue weighted by molar-refractivity contribution is 6.02. The first-order chi connectivity index (χ1) is 9.04. The van der Waals surface area contributed by atoms with E-state index in [0.29, 0.717) is 17.2 Å². The lowest BCUT2D eigenvalue weighted by Gasteiger charge is -2.11. The van der Waals surface area contributed by atoms with Crippen molar-refractivity contribution in [3.63, 3.8) is 0 Å². The van der Waals surface area contributed by atoms with E-state index >= 15 is 0 Å². The summed E-state index contributed by atoms with van der Waals surface area (Å²) < 4.78 is 10.8. The van der Waals surface area contributed by atoms with Crippen LogP contribution in [-0.4, -0.2) is 12.0 Å². The minimum atomic E-state index is -0.269. The lowest BCUT2D eigenvalue weighted by molar-refractivity contribution is 0.0995. The molecule has 0 aliphatic heterocycles. The van der Waals surface area contributed by atoms with Gasteiger partial charge in [0.05, 0.1) is 6.10 Å². The van der Waals surface area contributed by atoms with Crippen LogP contribution in [0.25, 0.3) is 0 Å². The van der Waals surface area contributed by atoms with Crippen LogP contribution >= 0.6 is 0 Å². The molecule has 2 aromatic rings. The van der Waals surface area contributed by atoms with Crippen LogP contribution in [0.5, 0.6) is 5.75 Å². The van der Waals surface area contributed by atoms with E-state index in [1.807, 2.05) is 26.0 Å². The monoisotopic (exact) mass is 259 g/mol. The van der Waals surface area contributed by atoms with E-state index in [9.17, 15) is 4.79 Å². The van der Waals surface area contributed by atoms with Crippen molar-refractivity contribution in [1.82, 2.24) is 0 Å². The van der Waals surface area contributed by atoms with Crippen molar-refractivity contribution in [2.45, 2.75) is 26.9 Å². The van der Waals surface area contributed by atoms with Gasteiger partial charge in [-0.3, -0.25) is 4.79 Å². The van der Waals surface area contributed by atoms with E-state index < -0.39 is 0 Å². The first-order valence-electron chi connectivity index (χ1n) is 6.19. The molecule has 1 heterocycles. The third-order valence-electron chi connectivity index (χ3n) is 2.43. The average molecular weight is 259 g/mol. The summed E-state index contributed by atoms with van der Waals surface area (Å²) in [6, 6.07) is 10.7. The first kappa shape index (κ1) is 13.2. The molecule has 0 spiro atoms. The number of rotatable bonds is 4. The largest absolute Gasteiger partial charge is 0.491 e. The van der Waals surface area contributed by atoms with Gasteiger partial charge in [-0.2, -0.15) is 0 Å². The van der Waals surface area contributed by atoms with Crippen molar-refractivity contribution in [2.24, 2.45) is 0 Å². The molecule has 0 aliphatic rings. The Bertz CT molecular complexity index is 572. The molecule has 1 aromatic heterocycles. The Balaban J connectivity index is 2.08. The normalized spacial score (nSPS) is 10.5. The highest BCUT2D eigenvalue weighted by Crippen LogP contribution is 2.19. The summed E-state index contributed by atoms with van der Waals surface area (Å²) in [5, 5.41) is 2.77. The first-order valence-corrected chi connectivity index (χ1v) is 6.19. The molecule has 4 heteroatoms. The Hall–Kier alpha value is -2.23. The number of ether oxygens (including phenoxy) is 1. The Morgan fingerprint density at radius 3 is 2.68 bits per heavy atom. The number of hydrogen-bond donors (Lipinski definition) is 1. The van der Waals surface area contributed by atoms with Gasteiger partial charge < -0.3 is 14.5 Å². The lowest BCUT2D eigenvalue weighted by atomic mass is 10.3. The molecule has 4 nitrogen and oxygen atoms in total. The molecular formula is C15H17NO3. The number of amides is 1. The minimum Gasteiger partial charge on any atom is -0.491 e. The third kappa shape index (κ3) is 3.61. The fourth-order valence-electron chi connectivity index (χ4n) is 1.67. The second-order valence-corrected chi connectivity index (χ2v) is 4.56. The zero-order valence-corrected chi connectivity index (χ0v) is 11.3. The van der Waals surface area contributed by atoms with Gasteiger partial charge in [0, 0.05) is 11.8 Å². The lowest BCUT2D eigenvalue weighted by Crippen LogP contribution is -2.11.